The number of methoxy groups -OCH3 is 1. The Bertz CT molecular complexity index is 998. The quantitative estimate of drug-likeness (QED) is 0.661. The summed E-state index contributed by atoms with van der Waals surface area (Å²) in [5.74, 6) is -0.570. The lowest BCUT2D eigenvalue weighted by Gasteiger charge is -2.17. The third-order valence-electron chi connectivity index (χ3n) is 4.44. The van der Waals surface area contributed by atoms with Gasteiger partial charge in [-0.1, -0.05) is 36.4 Å². The van der Waals surface area contributed by atoms with E-state index >= 15 is 0 Å². The number of esters is 1. The van der Waals surface area contributed by atoms with Crippen molar-refractivity contribution in [2.45, 2.75) is 19.9 Å². The highest BCUT2D eigenvalue weighted by atomic mass is 16.5. The summed E-state index contributed by atoms with van der Waals surface area (Å²) in [4.78, 5) is 24.3. The number of anilines is 2. The molecule has 0 spiro atoms. The van der Waals surface area contributed by atoms with Crippen LogP contribution in [-0.4, -0.2) is 25.0 Å². The van der Waals surface area contributed by atoms with Crippen molar-refractivity contribution in [1.29, 1.82) is 0 Å². The molecule has 0 fully saturated rings. The number of hydrogen-bond donors (Lipinski definition) is 2. The normalized spacial score (nSPS) is 11.7. The minimum absolute atomic E-state index is 0.159. The minimum Gasteiger partial charge on any atom is -0.465 e. The number of nitrogens with one attached hydrogen (secondary N) is 2. The average Bonchev–Trinajstić information content (AvgIpc) is 2.68. The van der Waals surface area contributed by atoms with Crippen molar-refractivity contribution >= 4 is 34.0 Å². The van der Waals surface area contributed by atoms with Gasteiger partial charge >= 0.3 is 5.97 Å². The molecule has 138 valence electrons. The van der Waals surface area contributed by atoms with Crippen LogP contribution < -0.4 is 10.6 Å². The molecule has 27 heavy (non-hydrogen) atoms. The van der Waals surface area contributed by atoms with Gasteiger partial charge in [-0.05, 0) is 54.4 Å². The number of benzene rings is 3. The molecule has 0 aromatic heterocycles. The van der Waals surface area contributed by atoms with Gasteiger partial charge < -0.3 is 15.4 Å². The lowest BCUT2D eigenvalue weighted by molar-refractivity contribution is -0.116. The number of ether oxygens (including phenoxy) is 1. The first kappa shape index (κ1) is 18.5. The molecule has 0 saturated heterocycles. The Kier molecular flexibility index (Phi) is 5.41. The summed E-state index contributed by atoms with van der Waals surface area (Å²) in [7, 11) is 1.34. The predicted octanol–water partition coefficient (Wildman–Crippen LogP) is 4.37. The smallest absolute Gasteiger partial charge is 0.337 e. The lowest BCUT2D eigenvalue weighted by atomic mass is 10.1. The maximum absolute atomic E-state index is 12.6. The number of fused-ring (bicyclic) bond motifs is 1. The molecule has 3 aromatic rings. The number of hydrogen-bond acceptors (Lipinski definition) is 4. The molecule has 5 heteroatoms. The van der Waals surface area contributed by atoms with E-state index in [1.165, 1.54) is 7.11 Å². The fraction of sp³-hybridized carbons (Fsp3) is 0.182. The monoisotopic (exact) mass is 362 g/mol. The Morgan fingerprint density at radius 3 is 2.44 bits per heavy atom. The largest absolute Gasteiger partial charge is 0.465 e. The van der Waals surface area contributed by atoms with Crippen LogP contribution in [0.15, 0.2) is 60.7 Å². The van der Waals surface area contributed by atoms with E-state index in [1.54, 1.807) is 19.1 Å². The van der Waals surface area contributed by atoms with E-state index < -0.39 is 12.0 Å². The molecule has 3 aromatic carbocycles. The Labute approximate surface area is 158 Å². The zero-order valence-electron chi connectivity index (χ0n) is 15.6. The van der Waals surface area contributed by atoms with Crippen LogP contribution in [0.5, 0.6) is 0 Å². The maximum Gasteiger partial charge on any atom is 0.337 e. The molecule has 0 heterocycles. The number of carbonyl (C=O) groups excluding carboxylic acids is 2. The van der Waals surface area contributed by atoms with Gasteiger partial charge in [-0.2, -0.15) is 0 Å². The minimum atomic E-state index is -0.483. The van der Waals surface area contributed by atoms with Crippen LogP contribution in [0, 0.1) is 6.92 Å². The second-order valence-electron chi connectivity index (χ2n) is 6.44. The second-order valence-corrected chi connectivity index (χ2v) is 6.44. The number of amides is 1. The molecule has 0 saturated carbocycles. The van der Waals surface area contributed by atoms with Crippen LogP contribution >= 0.6 is 0 Å². The first-order chi connectivity index (χ1) is 13.0. The molecule has 1 amide bonds. The number of rotatable bonds is 5. The predicted molar refractivity (Wildman–Crippen MR) is 108 cm³/mol. The summed E-state index contributed by atoms with van der Waals surface area (Å²) in [6.07, 6.45) is 0. The van der Waals surface area contributed by atoms with Crippen LogP contribution in [0.4, 0.5) is 11.4 Å². The Morgan fingerprint density at radius 2 is 1.70 bits per heavy atom. The third kappa shape index (κ3) is 4.26. The zero-order valence-corrected chi connectivity index (χ0v) is 15.6. The molecule has 3 rings (SSSR count). The van der Waals surface area contributed by atoms with Crippen LogP contribution in [0.25, 0.3) is 10.8 Å². The van der Waals surface area contributed by atoms with Crippen molar-refractivity contribution in [3.63, 3.8) is 0 Å². The zero-order chi connectivity index (χ0) is 19.4. The van der Waals surface area contributed by atoms with Gasteiger partial charge in [0.05, 0.1) is 12.7 Å². The Balaban J connectivity index is 1.72. The van der Waals surface area contributed by atoms with Crippen molar-refractivity contribution in [3.8, 4) is 0 Å². The van der Waals surface area contributed by atoms with E-state index in [2.05, 4.69) is 10.6 Å². The summed E-state index contributed by atoms with van der Waals surface area (Å²) < 4.78 is 4.75. The highest BCUT2D eigenvalue weighted by Gasteiger charge is 2.15. The van der Waals surface area contributed by atoms with Gasteiger partial charge in [-0.3, -0.25) is 4.79 Å². The highest BCUT2D eigenvalue weighted by Crippen LogP contribution is 2.21. The Morgan fingerprint density at radius 1 is 0.963 bits per heavy atom. The van der Waals surface area contributed by atoms with Gasteiger partial charge in [0.2, 0.25) is 5.91 Å². The molecule has 0 bridgehead atoms. The lowest BCUT2D eigenvalue weighted by Crippen LogP contribution is -2.32. The molecule has 0 aliphatic heterocycles. The fourth-order valence-corrected chi connectivity index (χ4v) is 2.84. The van der Waals surface area contributed by atoms with E-state index in [-0.39, 0.29) is 5.91 Å². The van der Waals surface area contributed by atoms with Crippen molar-refractivity contribution in [1.82, 2.24) is 0 Å². The first-order valence-electron chi connectivity index (χ1n) is 8.73. The van der Waals surface area contributed by atoms with Crippen LogP contribution in [0.2, 0.25) is 0 Å². The standard InChI is InChI=1S/C22H22N2O3/c1-14-8-9-18(22(26)27-3)13-20(14)23-15(2)21(25)24-19-11-10-16-6-4-5-7-17(16)12-19/h4-13,15,23H,1-3H3,(H,24,25)/t15-/m1/s1. The molecule has 0 unspecified atom stereocenters. The Hall–Kier alpha value is -3.34. The summed E-state index contributed by atoms with van der Waals surface area (Å²) >= 11 is 0. The van der Waals surface area contributed by atoms with E-state index in [0.717, 1.165) is 27.7 Å². The van der Waals surface area contributed by atoms with Crippen molar-refractivity contribution < 1.29 is 14.3 Å². The molecule has 0 aliphatic carbocycles. The fourth-order valence-electron chi connectivity index (χ4n) is 2.84. The first-order valence-corrected chi connectivity index (χ1v) is 8.73. The van der Waals surface area contributed by atoms with E-state index in [9.17, 15) is 9.59 Å². The molecule has 2 N–H and O–H groups in total. The van der Waals surface area contributed by atoms with Gasteiger partial charge in [0.15, 0.2) is 0 Å². The summed E-state index contributed by atoms with van der Waals surface area (Å²) in [6.45, 7) is 3.69. The van der Waals surface area contributed by atoms with Crippen molar-refractivity contribution in [2.75, 3.05) is 17.7 Å². The molecule has 1 atom stereocenters. The van der Waals surface area contributed by atoms with Gasteiger partial charge in [-0.25, -0.2) is 4.79 Å². The molecule has 5 nitrogen and oxygen atoms in total. The molecule has 0 aliphatic rings. The van der Waals surface area contributed by atoms with Gasteiger partial charge in [-0.15, -0.1) is 0 Å². The van der Waals surface area contributed by atoms with Gasteiger partial charge in [0.1, 0.15) is 6.04 Å². The highest BCUT2D eigenvalue weighted by molar-refractivity contribution is 5.98. The SMILES string of the molecule is COC(=O)c1ccc(C)c(N[C@H](C)C(=O)Nc2ccc3ccccc3c2)c1. The second kappa shape index (κ2) is 7.91. The third-order valence-corrected chi connectivity index (χ3v) is 4.44. The number of aryl methyl sites for hydroxylation is 1. The topological polar surface area (TPSA) is 67.4 Å². The molecule has 0 radical (unpaired) electrons. The van der Waals surface area contributed by atoms with E-state index in [0.29, 0.717) is 5.56 Å². The van der Waals surface area contributed by atoms with Gasteiger partial charge in [0, 0.05) is 11.4 Å². The average molecular weight is 362 g/mol. The van der Waals surface area contributed by atoms with Crippen LogP contribution in [0.3, 0.4) is 0 Å². The van der Waals surface area contributed by atoms with E-state index in [1.807, 2.05) is 55.5 Å². The summed E-state index contributed by atoms with van der Waals surface area (Å²) in [5.41, 5.74) is 2.84. The molecular formula is C22H22N2O3. The van der Waals surface area contributed by atoms with Crippen LogP contribution in [0.1, 0.15) is 22.8 Å². The van der Waals surface area contributed by atoms with Gasteiger partial charge in [0.25, 0.3) is 0 Å². The number of carbonyl (C=O) groups is 2. The molecular weight excluding hydrogens is 340 g/mol. The maximum atomic E-state index is 12.6. The van der Waals surface area contributed by atoms with Crippen molar-refractivity contribution in [3.05, 3.63) is 71.8 Å². The van der Waals surface area contributed by atoms with Crippen molar-refractivity contribution in [2.24, 2.45) is 0 Å². The summed E-state index contributed by atoms with van der Waals surface area (Å²) in [6, 6.07) is 18.5. The van der Waals surface area contributed by atoms with E-state index in [4.69, 9.17) is 4.74 Å². The summed E-state index contributed by atoms with van der Waals surface area (Å²) in [5, 5.41) is 8.29. The van der Waals surface area contributed by atoms with Crippen LogP contribution in [-0.2, 0) is 9.53 Å².